The van der Waals surface area contributed by atoms with E-state index >= 15 is 4.39 Å². The lowest BCUT2D eigenvalue weighted by molar-refractivity contribution is 0.0630. The molecular weight excluding hydrogens is 477 g/mol. The topological polar surface area (TPSA) is 63.9 Å². The number of carbonyl (C=O) groups excluding carboxylic acids is 1. The van der Waals surface area contributed by atoms with Crippen LogP contribution in [0.1, 0.15) is 47.6 Å². The van der Waals surface area contributed by atoms with Crippen LogP contribution < -0.4 is 0 Å². The Labute approximate surface area is 219 Å². The number of hydrogen-bond donors (Lipinski definition) is 0. The van der Waals surface area contributed by atoms with Gasteiger partial charge in [0.05, 0.1) is 16.6 Å². The van der Waals surface area contributed by atoms with Crippen molar-refractivity contribution in [3.8, 4) is 22.8 Å². The van der Waals surface area contributed by atoms with Crippen molar-refractivity contribution in [3.05, 3.63) is 102 Å². The predicted octanol–water partition coefficient (Wildman–Crippen LogP) is 6.44. The van der Waals surface area contributed by atoms with Crippen LogP contribution in [0.3, 0.4) is 0 Å². The van der Waals surface area contributed by atoms with Gasteiger partial charge in [-0.1, -0.05) is 30.3 Å². The van der Waals surface area contributed by atoms with Gasteiger partial charge >= 0.3 is 0 Å². The number of aromatic nitrogens is 4. The van der Waals surface area contributed by atoms with Crippen LogP contribution in [0.5, 0.6) is 0 Å². The SMILES string of the molecule is O=C1c2ccccc2CN1C1CCCC(n2c(-c3ccccc3F)nc3ccc(-c4ncccn4)cc32)C1. The molecule has 6 nitrogen and oxygen atoms in total. The molecule has 5 aromatic rings. The maximum absolute atomic E-state index is 15.1. The molecule has 0 bridgehead atoms. The van der Waals surface area contributed by atoms with E-state index in [1.807, 2.05) is 47.4 Å². The zero-order chi connectivity index (χ0) is 25.6. The number of imidazole rings is 1. The Hall–Kier alpha value is -4.39. The molecule has 0 saturated heterocycles. The molecule has 188 valence electrons. The van der Waals surface area contributed by atoms with E-state index in [0.29, 0.717) is 23.8 Å². The van der Waals surface area contributed by atoms with Crippen LogP contribution in [0, 0.1) is 5.82 Å². The van der Waals surface area contributed by atoms with Crippen molar-refractivity contribution in [1.82, 2.24) is 24.4 Å². The Kier molecular flexibility index (Phi) is 5.50. The van der Waals surface area contributed by atoms with Gasteiger partial charge in [0.25, 0.3) is 5.91 Å². The van der Waals surface area contributed by atoms with E-state index in [0.717, 1.165) is 53.4 Å². The van der Waals surface area contributed by atoms with E-state index in [1.54, 1.807) is 30.6 Å². The zero-order valence-corrected chi connectivity index (χ0v) is 20.8. The zero-order valence-electron chi connectivity index (χ0n) is 20.8. The summed E-state index contributed by atoms with van der Waals surface area (Å²) in [6, 6.07) is 22.6. The van der Waals surface area contributed by atoms with Gasteiger partial charge in [0.15, 0.2) is 5.82 Å². The molecule has 1 aliphatic carbocycles. The van der Waals surface area contributed by atoms with Gasteiger partial charge in [-0.3, -0.25) is 4.79 Å². The molecular formula is C31H26FN5O. The first-order valence-corrected chi connectivity index (χ1v) is 13.1. The van der Waals surface area contributed by atoms with Crippen LogP contribution in [0.15, 0.2) is 85.2 Å². The Balaban J connectivity index is 1.32. The summed E-state index contributed by atoms with van der Waals surface area (Å²) < 4.78 is 17.3. The van der Waals surface area contributed by atoms with Crippen molar-refractivity contribution in [2.45, 2.75) is 44.3 Å². The van der Waals surface area contributed by atoms with E-state index in [9.17, 15) is 4.79 Å². The van der Waals surface area contributed by atoms with Crippen molar-refractivity contribution < 1.29 is 9.18 Å². The van der Waals surface area contributed by atoms with E-state index < -0.39 is 0 Å². The molecule has 38 heavy (non-hydrogen) atoms. The lowest BCUT2D eigenvalue weighted by atomic mass is 9.89. The molecule has 2 aromatic heterocycles. The quantitative estimate of drug-likeness (QED) is 0.283. The normalized spacial score (nSPS) is 19.2. The lowest BCUT2D eigenvalue weighted by Crippen LogP contribution is -2.39. The van der Waals surface area contributed by atoms with Gasteiger partial charge in [0, 0.05) is 42.1 Å². The van der Waals surface area contributed by atoms with Gasteiger partial charge < -0.3 is 9.47 Å². The van der Waals surface area contributed by atoms with Gasteiger partial charge in [-0.05, 0) is 73.7 Å². The second-order valence-electron chi connectivity index (χ2n) is 10.1. The number of carbonyl (C=O) groups is 1. The van der Waals surface area contributed by atoms with Crippen LogP contribution in [-0.4, -0.2) is 36.4 Å². The highest BCUT2D eigenvalue weighted by molar-refractivity contribution is 5.98. The number of halogens is 1. The van der Waals surface area contributed by atoms with Crippen LogP contribution in [0.25, 0.3) is 33.8 Å². The summed E-state index contributed by atoms with van der Waals surface area (Å²) in [5.41, 5.74) is 4.99. The molecule has 2 atom stereocenters. The Morgan fingerprint density at radius 3 is 2.42 bits per heavy atom. The third kappa shape index (κ3) is 3.77. The monoisotopic (exact) mass is 503 g/mol. The lowest BCUT2D eigenvalue weighted by Gasteiger charge is -2.36. The number of rotatable bonds is 4. The molecule has 1 aliphatic heterocycles. The van der Waals surface area contributed by atoms with Crippen LogP contribution in [0.4, 0.5) is 4.39 Å². The van der Waals surface area contributed by atoms with E-state index in [1.165, 1.54) is 6.07 Å². The summed E-state index contributed by atoms with van der Waals surface area (Å²) in [6.07, 6.45) is 7.12. The highest BCUT2D eigenvalue weighted by Gasteiger charge is 2.36. The fraction of sp³-hybridized carbons (Fsp3) is 0.226. The third-order valence-electron chi connectivity index (χ3n) is 7.90. The predicted molar refractivity (Wildman–Crippen MR) is 144 cm³/mol. The average Bonchev–Trinajstić information content (AvgIpc) is 3.51. The highest BCUT2D eigenvalue weighted by Crippen LogP contribution is 2.40. The number of fused-ring (bicyclic) bond motifs is 2. The molecule has 1 amide bonds. The third-order valence-corrected chi connectivity index (χ3v) is 7.90. The van der Waals surface area contributed by atoms with Gasteiger partial charge in [-0.25, -0.2) is 19.3 Å². The van der Waals surface area contributed by atoms with E-state index in [4.69, 9.17) is 4.98 Å². The molecule has 2 unspecified atom stereocenters. The van der Waals surface area contributed by atoms with Crippen molar-refractivity contribution in [2.75, 3.05) is 0 Å². The molecule has 1 saturated carbocycles. The van der Waals surface area contributed by atoms with Crippen LogP contribution in [-0.2, 0) is 6.54 Å². The number of benzene rings is 3. The minimum Gasteiger partial charge on any atom is -0.331 e. The first-order valence-electron chi connectivity index (χ1n) is 13.1. The number of nitrogens with zero attached hydrogens (tertiary/aromatic N) is 5. The Morgan fingerprint density at radius 2 is 1.61 bits per heavy atom. The second kappa shape index (κ2) is 9.17. The van der Waals surface area contributed by atoms with Crippen LogP contribution in [0.2, 0.25) is 0 Å². The summed E-state index contributed by atoms with van der Waals surface area (Å²) in [4.78, 5) is 29.1. The summed E-state index contributed by atoms with van der Waals surface area (Å²) >= 11 is 0. The van der Waals surface area contributed by atoms with Gasteiger partial charge in [0.1, 0.15) is 11.6 Å². The summed E-state index contributed by atoms with van der Waals surface area (Å²) in [5.74, 6) is 1.07. The van der Waals surface area contributed by atoms with Crippen molar-refractivity contribution >= 4 is 16.9 Å². The number of amides is 1. The fourth-order valence-corrected chi connectivity index (χ4v) is 6.11. The maximum atomic E-state index is 15.1. The minimum absolute atomic E-state index is 0.0665. The average molecular weight is 504 g/mol. The Morgan fingerprint density at radius 1 is 0.842 bits per heavy atom. The highest BCUT2D eigenvalue weighted by atomic mass is 19.1. The minimum atomic E-state index is -0.298. The van der Waals surface area contributed by atoms with Crippen LogP contribution >= 0.6 is 0 Å². The second-order valence-corrected chi connectivity index (χ2v) is 10.1. The molecule has 1 fully saturated rings. The molecule has 0 spiro atoms. The molecule has 0 radical (unpaired) electrons. The largest absolute Gasteiger partial charge is 0.331 e. The van der Waals surface area contributed by atoms with Crippen molar-refractivity contribution in [1.29, 1.82) is 0 Å². The summed E-state index contributed by atoms with van der Waals surface area (Å²) in [7, 11) is 0. The smallest absolute Gasteiger partial charge is 0.254 e. The summed E-state index contributed by atoms with van der Waals surface area (Å²) in [5, 5.41) is 0. The molecule has 2 aliphatic rings. The molecule has 3 aromatic carbocycles. The number of hydrogen-bond acceptors (Lipinski definition) is 4. The van der Waals surface area contributed by atoms with Gasteiger partial charge in [-0.15, -0.1) is 0 Å². The fourth-order valence-electron chi connectivity index (χ4n) is 6.11. The molecule has 7 rings (SSSR count). The first-order chi connectivity index (χ1) is 18.7. The standard InChI is InChI=1S/C31H26FN5O/c32-26-12-4-3-11-25(26)30-35-27-14-13-20(29-33-15-6-16-34-29)17-28(27)37(30)23-9-5-8-22(18-23)36-19-21-7-1-2-10-24(21)31(36)38/h1-4,6-7,10-17,22-23H,5,8-9,18-19H2. The molecule has 3 heterocycles. The van der Waals surface area contributed by atoms with E-state index in [-0.39, 0.29) is 23.8 Å². The summed E-state index contributed by atoms with van der Waals surface area (Å²) in [6.45, 7) is 0.646. The molecule has 0 N–H and O–H groups in total. The molecule has 7 heteroatoms. The van der Waals surface area contributed by atoms with E-state index in [2.05, 4.69) is 20.6 Å². The van der Waals surface area contributed by atoms with Gasteiger partial charge in [-0.2, -0.15) is 0 Å². The first kappa shape index (κ1) is 22.8. The van der Waals surface area contributed by atoms with Gasteiger partial charge in [0.2, 0.25) is 0 Å². The maximum Gasteiger partial charge on any atom is 0.254 e. The van der Waals surface area contributed by atoms with Crippen molar-refractivity contribution in [3.63, 3.8) is 0 Å². The van der Waals surface area contributed by atoms with Crippen molar-refractivity contribution in [2.24, 2.45) is 0 Å². The Bertz CT molecular complexity index is 1660.